The van der Waals surface area contributed by atoms with Crippen LogP contribution in [0.1, 0.15) is 5.56 Å². The largest absolute Gasteiger partial charge is 0.504 e. The number of fused-ring (bicyclic) bond motifs is 3. The molecule has 0 unspecified atom stereocenters. The van der Waals surface area contributed by atoms with Gasteiger partial charge in [-0.15, -0.1) is 0 Å². The van der Waals surface area contributed by atoms with Crippen LogP contribution in [0.3, 0.4) is 0 Å². The SMILES string of the molecule is O=c1c2c(O)c(O)ccc2c2cc(O)c(O)cc2n1Cc1ccccc1. The third-order valence-corrected chi connectivity index (χ3v) is 4.47. The molecule has 0 fully saturated rings. The molecule has 4 N–H and O–H groups in total. The maximum Gasteiger partial charge on any atom is 0.263 e. The number of phenols is 4. The minimum Gasteiger partial charge on any atom is -0.504 e. The molecule has 0 aliphatic rings. The van der Waals surface area contributed by atoms with E-state index in [4.69, 9.17) is 0 Å². The van der Waals surface area contributed by atoms with Crippen molar-refractivity contribution in [1.82, 2.24) is 4.57 Å². The summed E-state index contributed by atoms with van der Waals surface area (Å²) >= 11 is 0. The van der Waals surface area contributed by atoms with Gasteiger partial charge in [0.1, 0.15) is 0 Å². The highest BCUT2D eigenvalue weighted by Crippen LogP contribution is 2.38. The Hall–Kier alpha value is -3.67. The summed E-state index contributed by atoms with van der Waals surface area (Å²) in [4.78, 5) is 13.1. The van der Waals surface area contributed by atoms with Gasteiger partial charge in [0, 0.05) is 16.8 Å². The number of aromatic nitrogens is 1. The van der Waals surface area contributed by atoms with Crippen molar-refractivity contribution < 1.29 is 20.4 Å². The van der Waals surface area contributed by atoms with Gasteiger partial charge in [-0.3, -0.25) is 4.79 Å². The van der Waals surface area contributed by atoms with Crippen molar-refractivity contribution in [3.63, 3.8) is 0 Å². The Morgan fingerprint density at radius 1 is 0.769 bits per heavy atom. The van der Waals surface area contributed by atoms with E-state index >= 15 is 0 Å². The van der Waals surface area contributed by atoms with Gasteiger partial charge in [0.25, 0.3) is 5.56 Å². The molecule has 130 valence electrons. The van der Waals surface area contributed by atoms with E-state index in [0.29, 0.717) is 16.3 Å². The standard InChI is InChI=1S/C20H15NO5/c22-15-7-6-12-13-8-16(23)17(24)9-14(13)21(20(26)18(12)19(15)25)10-11-4-2-1-3-5-11/h1-9,22-25H,10H2. The van der Waals surface area contributed by atoms with E-state index in [0.717, 1.165) is 5.56 Å². The molecule has 4 aromatic rings. The van der Waals surface area contributed by atoms with E-state index in [9.17, 15) is 25.2 Å². The predicted octanol–water partition coefficient (Wildman–Crippen LogP) is 3.03. The van der Waals surface area contributed by atoms with Gasteiger partial charge < -0.3 is 25.0 Å². The lowest BCUT2D eigenvalue weighted by Gasteiger charge is -2.15. The summed E-state index contributed by atoms with van der Waals surface area (Å²) in [5.41, 5.74) is 0.754. The quantitative estimate of drug-likeness (QED) is 0.329. The van der Waals surface area contributed by atoms with E-state index in [1.54, 1.807) is 0 Å². The highest BCUT2D eigenvalue weighted by Gasteiger charge is 2.18. The monoisotopic (exact) mass is 349 g/mol. The van der Waals surface area contributed by atoms with Gasteiger partial charge in [0.05, 0.1) is 17.4 Å². The molecular formula is C20H15NO5. The average Bonchev–Trinajstić information content (AvgIpc) is 2.63. The first-order valence-electron chi connectivity index (χ1n) is 7.94. The highest BCUT2D eigenvalue weighted by atomic mass is 16.3. The molecule has 0 spiro atoms. The Morgan fingerprint density at radius 2 is 1.46 bits per heavy atom. The number of nitrogens with zero attached hydrogens (tertiary/aromatic N) is 1. The van der Waals surface area contributed by atoms with E-state index < -0.39 is 17.1 Å². The number of pyridine rings is 1. The first kappa shape index (κ1) is 15.8. The molecule has 3 aromatic carbocycles. The van der Waals surface area contributed by atoms with Crippen LogP contribution in [-0.4, -0.2) is 25.0 Å². The fourth-order valence-corrected chi connectivity index (χ4v) is 3.19. The second-order valence-electron chi connectivity index (χ2n) is 6.09. The maximum atomic E-state index is 13.1. The smallest absolute Gasteiger partial charge is 0.263 e. The van der Waals surface area contributed by atoms with Crippen molar-refractivity contribution in [1.29, 1.82) is 0 Å². The van der Waals surface area contributed by atoms with Gasteiger partial charge in [-0.1, -0.05) is 30.3 Å². The van der Waals surface area contributed by atoms with Crippen LogP contribution in [0.2, 0.25) is 0 Å². The molecule has 6 nitrogen and oxygen atoms in total. The lowest BCUT2D eigenvalue weighted by atomic mass is 10.0. The molecule has 4 rings (SSSR count). The molecule has 0 aliphatic heterocycles. The third-order valence-electron chi connectivity index (χ3n) is 4.47. The summed E-state index contributed by atoms with van der Waals surface area (Å²) < 4.78 is 1.39. The van der Waals surface area contributed by atoms with Crippen molar-refractivity contribution in [3.8, 4) is 23.0 Å². The Bertz CT molecular complexity index is 1210. The van der Waals surface area contributed by atoms with E-state index in [1.807, 2.05) is 30.3 Å². The van der Waals surface area contributed by atoms with Gasteiger partial charge in [-0.2, -0.15) is 0 Å². The third kappa shape index (κ3) is 2.31. The highest BCUT2D eigenvalue weighted by molar-refractivity contribution is 6.09. The van der Waals surface area contributed by atoms with Crippen molar-refractivity contribution >= 4 is 21.7 Å². The van der Waals surface area contributed by atoms with Gasteiger partial charge in [0.2, 0.25) is 0 Å². The lowest BCUT2D eigenvalue weighted by Crippen LogP contribution is -2.21. The van der Waals surface area contributed by atoms with Crippen molar-refractivity contribution in [2.24, 2.45) is 0 Å². The van der Waals surface area contributed by atoms with Crippen LogP contribution in [0.15, 0.2) is 59.4 Å². The number of benzene rings is 3. The molecule has 6 heteroatoms. The minimum absolute atomic E-state index is 0.0430. The van der Waals surface area contributed by atoms with Gasteiger partial charge in [0.15, 0.2) is 23.0 Å². The Morgan fingerprint density at radius 3 is 2.19 bits per heavy atom. The molecular weight excluding hydrogens is 334 g/mol. The van der Waals surface area contributed by atoms with Gasteiger partial charge in [-0.25, -0.2) is 0 Å². The molecule has 1 aromatic heterocycles. The molecule has 0 bridgehead atoms. The van der Waals surface area contributed by atoms with Gasteiger partial charge in [-0.05, 0) is 23.8 Å². The fourth-order valence-electron chi connectivity index (χ4n) is 3.19. The molecule has 0 amide bonds. The summed E-state index contributed by atoms with van der Waals surface area (Å²) in [6.45, 7) is 0.200. The lowest BCUT2D eigenvalue weighted by molar-refractivity contribution is 0.404. The normalized spacial score (nSPS) is 11.2. The first-order valence-corrected chi connectivity index (χ1v) is 7.94. The Labute approximate surface area is 147 Å². The van der Waals surface area contributed by atoms with Crippen LogP contribution in [-0.2, 0) is 6.54 Å². The second kappa shape index (κ2) is 5.70. The summed E-state index contributed by atoms with van der Waals surface area (Å²) in [5.74, 6) is -1.59. The van der Waals surface area contributed by atoms with Crippen molar-refractivity contribution in [2.75, 3.05) is 0 Å². The molecule has 0 radical (unpaired) electrons. The topological polar surface area (TPSA) is 103 Å². The van der Waals surface area contributed by atoms with Gasteiger partial charge >= 0.3 is 0 Å². The number of hydrogen-bond acceptors (Lipinski definition) is 5. The van der Waals surface area contributed by atoms with Crippen LogP contribution < -0.4 is 5.56 Å². The zero-order valence-corrected chi connectivity index (χ0v) is 13.5. The van der Waals surface area contributed by atoms with Crippen LogP contribution in [0.4, 0.5) is 0 Å². The van der Waals surface area contributed by atoms with Crippen LogP contribution in [0, 0.1) is 0 Å². The fraction of sp³-hybridized carbons (Fsp3) is 0.0500. The van der Waals surface area contributed by atoms with Crippen LogP contribution in [0.5, 0.6) is 23.0 Å². The second-order valence-corrected chi connectivity index (χ2v) is 6.09. The van der Waals surface area contributed by atoms with Crippen LogP contribution in [0.25, 0.3) is 21.7 Å². The van der Waals surface area contributed by atoms with E-state index in [2.05, 4.69) is 0 Å². The summed E-state index contributed by atoms with van der Waals surface area (Å²) in [6.07, 6.45) is 0. The van der Waals surface area contributed by atoms with Crippen LogP contribution >= 0.6 is 0 Å². The first-order chi connectivity index (χ1) is 12.5. The molecule has 0 saturated carbocycles. The number of rotatable bonds is 2. The van der Waals surface area contributed by atoms with Crippen molar-refractivity contribution in [3.05, 3.63) is 70.5 Å². The molecule has 0 saturated heterocycles. The van der Waals surface area contributed by atoms with Crippen molar-refractivity contribution in [2.45, 2.75) is 6.54 Å². The predicted molar refractivity (Wildman–Crippen MR) is 97.9 cm³/mol. The number of aromatic hydroxyl groups is 4. The summed E-state index contributed by atoms with van der Waals surface area (Å²) in [5, 5.41) is 40.7. The molecule has 0 atom stereocenters. The van der Waals surface area contributed by atoms with E-state index in [1.165, 1.54) is 28.8 Å². The van der Waals surface area contributed by atoms with E-state index in [-0.39, 0.29) is 23.4 Å². The summed E-state index contributed by atoms with van der Waals surface area (Å²) in [7, 11) is 0. The minimum atomic E-state index is -0.510. The zero-order valence-electron chi connectivity index (χ0n) is 13.5. The molecule has 1 heterocycles. The molecule has 26 heavy (non-hydrogen) atoms. The summed E-state index contributed by atoms with van der Waals surface area (Å²) in [6, 6.07) is 14.7. The Balaban J connectivity index is 2.17. The zero-order chi connectivity index (χ0) is 18.4. The Kier molecular flexibility index (Phi) is 3.47. The number of hydrogen-bond donors (Lipinski definition) is 4. The average molecular weight is 349 g/mol. The number of phenolic OH excluding ortho intramolecular Hbond substituents is 4. The maximum absolute atomic E-state index is 13.1. The molecule has 0 aliphatic carbocycles.